The summed E-state index contributed by atoms with van der Waals surface area (Å²) in [7, 11) is -0.705. The SMILES string of the molecule is COC(=O)CN(CCOc1ccccc1)S(=O)c1ccccc1[N+](=O)[O-]. The van der Waals surface area contributed by atoms with Crippen molar-refractivity contribution in [3.8, 4) is 5.75 Å². The number of nitro groups is 1. The summed E-state index contributed by atoms with van der Waals surface area (Å²) in [6, 6.07) is 14.7. The topological polar surface area (TPSA) is 99.0 Å². The highest BCUT2D eigenvalue weighted by molar-refractivity contribution is 7.82. The predicted molar refractivity (Wildman–Crippen MR) is 95.0 cm³/mol. The van der Waals surface area contributed by atoms with Crippen molar-refractivity contribution in [1.82, 2.24) is 4.31 Å². The van der Waals surface area contributed by atoms with Crippen LogP contribution in [0.4, 0.5) is 5.69 Å². The van der Waals surface area contributed by atoms with Crippen LogP contribution in [0.15, 0.2) is 59.5 Å². The molecule has 138 valence electrons. The van der Waals surface area contributed by atoms with E-state index in [1.807, 2.05) is 18.2 Å². The first kappa shape index (κ1) is 19.5. The molecule has 0 saturated heterocycles. The summed E-state index contributed by atoms with van der Waals surface area (Å²) in [6.45, 7) is -0.0245. The lowest BCUT2D eigenvalue weighted by atomic mass is 10.3. The Kier molecular flexibility index (Phi) is 7.24. The molecule has 0 aliphatic rings. The van der Waals surface area contributed by atoms with Crippen LogP contribution in [0, 0.1) is 10.1 Å². The van der Waals surface area contributed by atoms with E-state index in [9.17, 15) is 19.1 Å². The van der Waals surface area contributed by atoms with E-state index in [0.717, 1.165) is 0 Å². The Morgan fingerprint density at radius 2 is 1.81 bits per heavy atom. The van der Waals surface area contributed by atoms with Gasteiger partial charge in [-0.3, -0.25) is 14.9 Å². The van der Waals surface area contributed by atoms with E-state index in [1.54, 1.807) is 18.2 Å². The molecular weight excluding hydrogens is 360 g/mol. The van der Waals surface area contributed by atoms with Crippen molar-refractivity contribution in [1.29, 1.82) is 0 Å². The average Bonchev–Trinajstić information content (AvgIpc) is 2.67. The minimum Gasteiger partial charge on any atom is -0.492 e. The number of nitrogens with zero attached hydrogens (tertiary/aromatic N) is 2. The lowest BCUT2D eigenvalue weighted by Gasteiger charge is -2.20. The monoisotopic (exact) mass is 378 g/mol. The van der Waals surface area contributed by atoms with Crippen molar-refractivity contribution in [2.24, 2.45) is 0 Å². The van der Waals surface area contributed by atoms with Gasteiger partial charge in [0.15, 0.2) is 0 Å². The van der Waals surface area contributed by atoms with Gasteiger partial charge in [-0.15, -0.1) is 0 Å². The van der Waals surface area contributed by atoms with Gasteiger partial charge in [-0.25, -0.2) is 8.51 Å². The van der Waals surface area contributed by atoms with E-state index in [2.05, 4.69) is 4.74 Å². The van der Waals surface area contributed by atoms with Crippen LogP contribution in [-0.4, -0.2) is 46.2 Å². The van der Waals surface area contributed by atoms with Crippen molar-refractivity contribution in [2.45, 2.75) is 4.90 Å². The first-order valence-corrected chi connectivity index (χ1v) is 8.78. The normalized spacial score (nSPS) is 11.8. The predicted octanol–water partition coefficient (Wildman–Crippen LogP) is 2.17. The van der Waals surface area contributed by atoms with Crippen LogP contribution in [0.25, 0.3) is 0 Å². The van der Waals surface area contributed by atoms with Gasteiger partial charge in [0.2, 0.25) is 0 Å². The van der Waals surface area contributed by atoms with Crippen molar-refractivity contribution < 1.29 is 23.4 Å². The maximum atomic E-state index is 12.8. The fourth-order valence-electron chi connectivity index (χ4n) is 2.11. The Hall–Kier alpha value is -2.78. The molecule has 0 saturated carbocycles. The summed E-state index contributed by atoms with van der Waals surface area (Å²) in [5, 5.41) is 11.2. The maximum Gasteiger partial charge on any atom is 0.320 e. The van der Waals surface area contributed by atoms with Gasteiger partial charge in [0.1, 0.15) is 34.8 Å². The first-order chi connectivity index (χ1) is 12.5. The number of methoxy groups -OCH3 is 1. The molecule has 0 N–H and O–H groups in total. The molecule has 2 aromatic rings. The number of benzene rings is 2. The summed E-state index contributed by atoms with van der Waals surface area (Å²) in [5.41, 5.74) is -0.273. The Balaban J connectivity index is 2.14. The molecule has 1 atom stereocenters. The van der Waals surface area contributed by atoms with E-state index in [-0.39, 0.29) is 30.3 Å². The van der Waals surface area contributed by atoms with Crippen LogP contribution in [-0.2, 0) is 20.5 Å². The van der Waals surface area contributed by atoms with Crippen LogP contribution >= 0.6 is 0 Å². The van der Waals surface area contributed by atoms with Gasteiger partial charge >= 0.3 is 5.97 Å². The third-order valence-electron chi connectivity index (χ3n) is 3.37. The van der Waals surface area contributed by atoms with E-state index in [1.165, 1.54) is 29.6 Å². The standard InChI is InChI=1S/C17H18N2O6S/c1-24-17(20)13-18(11-12-25-14-7-3-2-4-8-14)26(23)16-10-6-5-9-15(16)19(21)22/h2-10H,11-13H2,1H3. The number of ether oxygens (including phenoxy) is 2. The Labute approximate surface area is 153 Å². The fourth-order valence-corrected chi connectivity index (χ4v) is 3.36. The van der Waals surface area contributed by atoms with Crippen molar-refractivity contribution >= 4 is 22.6 Å². The number of hydrogen-bond acceptors (Lipinski definition) is 6. The zero-order chi connectivity index (χ0) is 18.9. The van der Waals surface area contributed by atoms with Crippen LogP contribution in [0.1, 0.15) is 0 Å². The Morgan fingerprint density at radius 1 is 1.15 bits per heavy atom. The minimum atomic E-state index is -1.92. The number of esters is 1. The minimum absolute atomic E-state index is 0.0149. The van der Waals surface area contributed by atoms with Gasteiger partial charge in [0.05, 0.1) is 12.0 Å². The molecule has 2 rings (SSSR count). The van der Waals surface area contributed by atoms with Gasteiger partial charge in [-0.2, -0.15) is 0 Å². The van der Waals surface area contributed by atoms with Crippen LogP contribution in [0.3, 0.4) is 0 Å². The lowest BCUT2D eigenvalue weighted by molar-refractivity contribution is -0.387. The first-order valence-electron chi connectivity index (χ1n) is 7.68. The number of hydrogen-bond donors (Lipinski definition) is 0. The van der Waals surface area contributed by atoms with E-state index in [0.29, 0.717) is 5.75 Å². The van der Waals surface area contributed by atoms with E-state index < -0.39 is 21.9 Å². The number of para-hydroxylation sites is 2. The smallest absolute Gasteiger partial charge is 0.320 e. The molecule has 2 aromatic carbocycles. The Morgan fingerprint density at radius 3 is 2.46 bits per heavy atom. The average molecular weight is 378 g/mol. The molecule has 0 spiro atoms. The van der Waals surface area contributed by atoms with Gasteiger partial charge < -0.3 is 9.47 Å². The summed E-state index contributed by atoms with van der Waals surface area (Å²) >= 11 is 0. The molecule has 0 aliphatic heterocycles. The largest absolute Gasteiger partial charge is 0.492 e. The Bertz CT molecular complexity index is 784. The number of carbonyl (C=O) groups excluding carboxylic acids is 1. The highest BCUT2D eigenvalue weighted by Crippen LogP contribution is 2.23. The molecule has 0 aromatic heterocycles. The zero-order valence-corrected chi connectivity index (χ0v) is 14.9. The van der Waals surface area contributed by atoms with Gasteiger partial charge in [-0.05, 0) is 18.2 Å². The van der Waals surface area contributed by atoms with Gasteiger partial charge in [0.25, 0.3) is 5.69 Å². The summed E-state index contributed by atoms with van der Waals surface area (Å²) in [6.07, 6.45) is 0. The van der Waals surface area contributed by atoms with Crippen LogP contribution in [0.5, 0.6) is 5.75 Å². The molecule has 0 fully saturated rings. The van der Waals surface area contributed by atoms with E-state index >= 15 is 0 Å². The molecule has 9 heteroatoms. The molecule has 0 amide bonds. The molecule has 0 aliphatic carbocycles. The summed E-state index contributed by atoms with van der Waals surface area (Å²) in [4.78, 5) is 22.2. The molecule has 1 unspecified atom stereocenters. The second kappa shape index (κ2) is 9.64. The molecule has 0 radical (unpaired) electrons. The number of carbonyl (C=O) groups is 1. The van der Waals surface area contributed by atoms with Crippen LogP contribution < -0.4 is 4.74 Å². The third kappa shape index (κ3) is 5.36. The highest BCUT2D eigenvalue weighted by atomic mass is 32.2. The fraction of sp³-hybridized carbons (Fsp3) is 0.235. The van der Waals surface area contributed by atoms with Gasteiger partial charge in [0, 0.05) is 12.6 Å². The molecule has 8 nitrogen and oxygen atoms in total. The maximum absolute atomic E-state index is 12.8. The third-order valence-corrected chi connectivity index (χ3v) is 4.87. The summed E-state index contributed by atoms with van der Waals surface area (Å²) < 4.78 is 24.3. The summed E-state index contributed by atoms with van der Waals surface area (Å²) in [5.74, 6) is 0.0265. The number of rotatable bonds is 9. The lowest BCUT2D eigenvalue weighted by Crippen LogP contribution is -2.35. The van der Waals surface area contributed by atoms with E-state index in [4.69, 9.17) is 4.74 Å². The second-order valence-corrected chi connectivity index (χ2v) is 6.53. The quantitative estimate of drug-likeness (QED) is 0.377. The zero-order valence-electron chi connectivity index (χ0n) is 14.1. The molecule has 0 heterocycles. The van der Waals surface area contributed by atoms with Crippen LogP contribution in [0.2, 0.25) is 0 Å². The van der Waals surface area contributed by atoms with Gasteiger partial charge in [-0.1, -0.05) is 30.3 Å². The number of nitro benzene ring substituents is 1. The highest BCUT2D eigenvalue weighted by Gasteiger charge is 2.25. The van der Waals surface area contributed by atoms with Crippen molar-refractivity contribution in [2.75, 3.05) is 26.8 Å². The van der Waals surface area contributed by atoms with Crippen molar-refractivity contribution in [3.05, 3.63) is 64.7 Å². The second-order valence-electron chi connectivity index (χ2n) is 5.08. The molecule has 0 bridgehead atoms. The molecular formula is C17H18N2O6S. The van der Waals surface area contributed by atoms with Crippen molar-refractivity contribution in [3.63, 3.8) is 0 Å². The molecule has 26 heavy (non-hydrogen) atoms.